The third kappa shape index (κ3) is 4.94. The van der Waals surface area contributed by atoms with E-state index in [2.05, 4.69) is 10.5 Å². The van der Waals surface area contributed by atoms with Crippen LogP contribution in [0.5, 0.6) is 0 Å². The molecule has 1 amide bonds. The van der Waals surface area contributed by atoms with E-state index in [0.29, 0.717) is 0 Å². The fourth-order valence-electron chi connectivity index (χ4n) is 1.53. The highest BCUT2D eigenvalue weighted by molar-refractivity contribution is 7.93. The predicted molar refractivity (Wildman–Crippen MR) is 78.9 cm³/mol. The fourth-order valence-corrected chi connectivity index (χ4v) is 2.88. The lowest BCUT2D eigenvalue weighted by molar-refractivity contribution is -0.130. The summed E-state index contributed by atoms with van der Waals surface area (Å²) < 4.78 is 63.4. The second-order valence-electron chi connectivity index (χ2n) is 6.28. The van der Waals surface area contributed by atoms with Crippen LogP contribution < -0.4 is 5.32 Å². The number of carbonyl (C=O) groups is 1. The van der Waals surface area contributed by atoms with E-state index in [9.17, 15) is 31.5 Å². The Balaban J connectivity index is 2.90. The van der Waals surface area contributed by atoms with E-state index in [-0.39, 0.29) is 11.6 Å². The second kappa shape index (κ2) is 6.36. The number of sulfone groups is 1. The quantitative estimate of drug-likeness (QED) is 0.790. The van der Waals surface area contributed by atoms with Gasteiger partial charge in [0, 0.05) is 6.07 Å². The lowest BCUT2D eigenvalue weighted by Gasteiger charge is -2.23. The van der Waals surface area contributed by atoms with Crippen molar-refractivity contribution in [3.05, 3.63) is 11.8 Å². The molecule has 0 aliphatic heterocycles. The number of aromatic nitrogens is 1. The van der Waals surface area contributed by atoms with Crippen molar-refractivity contribution in [2.24, 2.45) is 0 Å². The summed E-state index contributed by atoms with van der Waals surface area (Å²) in [6.07, 6.45) is -6.19. The van der Waals surface area contributed by atoms with Gasteiger partial charge in [-0.1, -0.05) is 5.16 Å². The summed E-state index contributed by atoms with van der Waals surface area (Å²) in [5, 5.41) is 15.4. The number of nitrogens with zero attached hydrogens (tertiary/aromatic N) is 1. The first kappa shape index (κ1) is 20.4. The number of hydrogen-bond donors (Lipinski definition) is 2. The van der Waals surface area contributed by atoms with Crippen LogP contribution in [0.3, 0.4) is 0 Å². The van der Waals surface area contributed by atoms with E-state index in [1.54, 1.807) is 0 Å². The Labute approximate surface area is 137 Å². The van der Waals surface area contributed by atoms with Gasteiger partial charge < -0.3 is 9.63 Å². The number of rotatable bonds is 6. The maximum atomic E-state index is 12.2. The molecule has 0 fully saturated rings. The summed E-state index contributed by atoms with van der Waals surface area (Å²) >= 11 is 0. The summed E-state index contributed by atoms with van der Waals surface area (Å²) in [6, 6.07) is 1.19. The summed E-state index contributed by atoms with van der Waals surface area (Å²) in [7, 11) is -4.38. The first-order chi connectivity index (χ1) is 10.6. The van der Waals surface area contributed by atoms with Gasteiger partial charge in [-0.25, -0.2) is 8.42 Å². The number of anilines is 1. The minimum absolute atomic E-state index is 0.0931. The molecule has 1 aromatic rings. The zero-order valence-corrected chi connectivity index (χ0v) is 14.4. The van der Waals surface area contributed by atoms with Crippen LogP contribution in [-0.4, -0.2) is 41.3 Å². The van der Waals surface area contributed by atoms with E-state index in [1.165, 1.54) is 19.9 Å². The molecule has 11 heteroatoms. The molecule has 0 aliphatic carbocycles. The van der Waals surface area contributed by atoms with E-state index >= 15 is 0 Å². The third-order valence-electron chi connectivity index (χ3n) is 3.35. The molecular formula is C13H19F3N2O5S. The summed E-state index contributed by atoms with van der Waals surface area (Å²) in [4.78, 5) is 12.1. The molecule has 0 unspecified atom stereocenters. The highest BCUT2D eigenvalue weighted by atomic mass is 32.2. The monoisotopic (exact) mass is 372 g/mol. The molecule has 0 aromatic carbocycles. The van der Waals surface area contributed by atoms with Crippen molar-refractivity contribution < 1.29 is 36.0 Å². The Hall–Kier alpha value is -1.62. The van der Waals surface area contributed by atoms with Gasteiger partial charge in [-0.05, 0) is 27.7 Å². The molecule has 138 valence electrons. The predicted octanol–water partition coefficient (Wildman–Crippen LogP) is 1.99. The molecular weight excluding hydrogens is 353 g/mol. The number of carbonyl (C=O) groups excluding carboxylic acids is 1. The topological polar surface area (TPSA) is 110 Å². The Bertz CT molecular complexity index is 702. The zero-order chi connectivity index (χ0) is 19.0. The molecule has 0 radical (unpaired) electrons. The molecule has 1 aromatic heterocycles. The van der Waals surface area contributed by atoms with E-state index in [1.807, 2.05) is 0 Å². The molecule has 7 nitrogen and oxygen atoms in total. The average Bonchev–Trinajstić information content (AvgIpc) is 2.84. The van der Waals surface area contributed by atoms with Crippen LogP contribution in [0.4, 0.5) is 19.1 Å². The van der Waals surface area contributed by atoms with Crippen molar-refractivity contribution in [3.8, 4) is 0 Å². The van der Waals surface area contributed by atoms with Crippen molar-refractivity contribution in [1.82, 2.24) is 5.16 Å². The smallest absolute Gasteiger partial charge is 0.384 e. The largest absolute Gasteiger partial charge is 0.390 e. The molecule has 1 rings (SSSR count). The van der Waals surface area contributed by atoms with Gasteiger partial charge in [-0.15, -0.1) is 0 Å². The van der Waals surface area contributed by atoms with Gasteiger partial charge in [0.05, 0.1) is 12.2 Å². The molecule has 0 atom stereocenters. The summed E-state index contributed by atoms with van der Waals surface area (Å²) in [6.45, 7) is 4.84. The van der Waals surface area contributed by atoms with Gasteiger partial charge >= 0.3 is 6.18 Å². The number of halogens is 3. The van der Waals surface area contributed by atoms with Gasteiger partial charge in [0.15, 0.2) is 9.84 Å². The van der Waals surface area contributed by atoms with Crippen LogP contribution in [0.15, 0.2) is 10.6 Å². The Morgan fingerprint density at radius 3 is 2.25 bits per heavy atom. The molecule has 0 aliphatic rings. The number of hydrogen-bond acceptors (Lipinski definition) is 6. The third-order valence-corrected chi connectivity index (χ3v) is 5.83. The Kier molecular flexibility index (Phi) is 5.41. The van der Waals surface area contributed by atoms with Gasteiger partial charge in [0.2, 0.25) is 11.8 Å². The zero-order valence-electron chi connectivity index (χ0n) is 13.6. The molecule has 0 spiro atoms. The van der Waals surface area contributed by atoms with Crippen LogP contribution in [-0.2, 0) is 20.2 Å². The molecule has 2 N–H and O–H groups in total. The second-order valence-corrected chi connectivity index (χ2v) is 8.94. The van der Waals surface area contributed by atoms with Gasteiger partial charge in [0.1, 0.15) is 16.0 Å². The first-order valence-corrected chi connectivity index (χ1v) is 8.51. The molecule has 0 bridgehead atoms. The van der Waals surface area contributed by atoms with Crippen molar-refractivity contribution in [2.45, 2.75) is 50.6 Å². The Morgan fingerprint density at radius 2 is 1.83 bits per heavy atom. The normalized spacial score (nSPS) is 13.8. The molecule has 0 saturated carbocycles. The van der Waals surface area contributed by atoms with Crippen LogP contribution in [0.1, 0.15) is 39.8 Å². The SMILES string of the molecule is CC(C)(O)c1cc(NC(=O)C(C)(C)S(=O)(=O)CCC(F)(F)F)on1. The van der Waals surface area contributed by atoms with Gasteiger partial charge in [-0.2, -0.15) is 13.2 Å². The number of amides is 1. The van der Waals surface area contributed by atoms with Crippen LogP contribution in [0.25, 0.3) is 0 Å². The lowest BCUT2D eigenvalue weighted by Crippen LogP contribution is -2.46. The number of aliphatic hydroxyl groups is 1. The molecule has 24 heavy (non-hydrogen) atoms. The first-order valence-electron chi connectivity index (χ1n) is 6.86. The van der Waals surface area contributed by atoms with Crippen molar-refractivity contribution in [3.63, 3.8) is 0 Å². The van der Waals surface area contributed by atoms with E-state index in [0.717, 1.165) is 13.8 Å². The summed E-state index contributed by atoms with van der Waals surface area (Å²) in [5.74, 6) is -2.50. The summed E-state index contributed by atoms with van der Waals surface area (Å²) in [5.41, 5.74) is -1.25. The van der Waals surface area contributed by atoms with Crippen molar-refractivity contribution >= 4 is 21.6 Å². The van der Waals surface area contributed by atoms with Crippen LogP contribution in [0, 0.1) is 0 Å². The highest BCUT2D eigenvalue weighted by Crippen LogP contribution is 2.27. The minimum atomic E-state index is -4.65. The maximum Gasteiger partial charge on any atom is 0.390 e. The van der Waals surface area contributed by atoms with E-state index in [4.69, 9.17) is 4.52 Å². The number of alkyl halides is 3. The highest BCUT2D eigenvalue weighted by Gasteiger charge is 2.44. The number of nitrogens with one attached hydrogen (secondary N) is 1. The van der Waals surface area contributed by atoms with Crippen LogP contribution >= 0.6 is 0 Å². The van der Waals surface area contributed by atoms with Gasteiger partial charge in [-0.3, -0.25) is 10.1 Å². The van der Waals surface area contributed by atoms with Gasteiger partial charge in [0.25, 0.3) is 0 Å². The van der Waals surface area contributed by atoms with Crippen molar-refractivity contribution in [2.75, 3.05) is 11.1 Å². The van der Waals surface area contributed by atoms with E-state index < -0.39 is 44.4 Å². The average molecular weight is 372 g/mol. The van der Waals surface area contributed by atoms with Crippen molar-refractivity contribution in [1.29, 1.82) is 0 Å². The standard InChI is InChI=1S/C13H19F3N2O5S/c1-11(2,20)8-7-9(23-18-8)17-10(19)12(3,4)24(21,22)6-5-13(14,15)16/h7,20H,5-6H2,1-4H3,(H,17,19). The minimum Gasteiger partial charge on any atom is -0.384 e. The fraction of sp³-hybridized carbons (Fsp3) is 0.692. The molecule has 0 saturated heterocycles. The molecule has 1 heterocycles. The Morgan fingerprint density at radius 1 is 1.29 bits per heavy atom. The lowest BCUT2D eigenvalue weighted by atomic mass is 10.1. The maximum absolute atomic E-state index is 12.2. The van der Waals surface area contributed by atoms with Crippen LogP contribution in [0.2, 0.25) is 0 Å².